The maximum absolute atomic E-state index is 13.5. The summed E-state index contributed by atoms with van der Waals surface area (Å²) >= 11 is 0. The molecule has 1 aromatic carbocycles. The molecule has 0 spiro atoms. The molecule has 3 rings (SSSR count). The van der Waals surface area contributed by atoms with Gasteiger partial charge < -0.3 is 30.9 Å². The van der Waals surface area contributed by atoms with Crippen molar-refractivity contribution in [3.63, 3.8) is 0 Å². The predicted molar refractivity (Wildman–Crippen MR) is 153 cm³/mol. The van der Waals surface area contributed by atoms with Crippen LogP contribution >= 0.6 is 0 Å². The lowest BCUT2D eigenvalue weighted by Gasteiger charge is -2.22. The van der Waals surface area contributed by atoms with Crippen LogP contribution in [-0.4, -0.2) is 89.1 Å². The van der Waals surface area contributed by atoms with Crippen molar-refractivity contribution in [3.05, 3.63) is 54.0 Å². The van der Waals surface area contributed by atoms with Crippen LogP contribution in [0, 0.1) is 17.7 Å². The number of halogens is 1. The van der Waals surface area contributed by atoms with Gasteiger partial charge in [0.05, 0.1) is 17.9 Å². The molecule has 11 heteroatoms. The molecule has 0 bridgehead atoms. The fraction of sp³-hybridized carbons (Fsp3) is 0.448. The van der Waals surface area contributed by atoms with Gasteiger partial charge in [0.1, 0.15) is 17.7 Å². The van der Waals surface area contributed by atoms with E-state index in [1.165, 1.54) is 23.1 Å². The summed E-state index contributed by atoms with van der Waals surface area (Å²) in [4.78, 5) is 37.4. The molecule has 1 saturated heterocycles. The van der Waals surface area contributed by atoms with Gasteiger partial charge in [-0.3, -0.25) is 9.59 Å². The van der Waals surface area contributed by atoms with Gasteiger partial charge in [-0.2, -0.15) is 4.98 Å². The van der Waals surface area contributed by atoms with Gasteiger partial charge >= 0.3 is 0 Å². The van der Waals surface area contributed by atoms with Crippen molar-refractivity contribution in [3.8, 4) is 11.8 Å². The Kier molecular flexibility index (Phi) is 11.9. The molecule has 2 aromatic rings. The summed E-state index contributed by atoms with van der Waals surface area (Å²) < 4.78 is 13.5. The molecule has 1 aromatic heterocycles. The van der Waals surface area contributed by atoms with Crippen molar-refractivity contribution in [2.75, 3.05) is 50.9 Å². The van der Waals surface area contributed by atoms with Crippen molar-refractivity contribution in [1.82, 2.24) is 25.1 Å². The lowest BCUT2D eigenvalue weighted by atomic mass is 10.2. The second kappa shape index (κ2) is 15.5. The van der Waals surface area contributed by atoms with E-state index in [9.17, 15) is 19.1 Å². The Morgan fingerprint density at radius 2 is 2.12 bits per heavy atom. The lowest BCUT2D eigenvalue weighted by molar-refractivity contribution is -0.135. The summed E-state index contributed by atoms with van der Waals surface area (Å²) in [6.07, 6.45) is 6.34. The summed E-state index contributed by atoms with van der Waals surface area (Å²) in [7, 11) is 3.80. The van der Waals surface area contributed by atoms with Gasteiger partial charge in [0, 0.05) is 50.8 Å². The number of hydrogen-bond donors (Lipinski definition) is 4. The predicted octanol–water partition coefficient (Wildman–Crippen LogP) is 2.51. The number of amides is 2. The number of anilines is 3. The number of likely N-dealkylation sites (N-methyl/N-ethyl adjacent to an activating group) is 1. The zero-order valence-corrected chi connectivity index (χ0v) is 23.3. The van der Waals surface area contributed by atoms with E-state index in [4.69, 9.17) is 0 Å². The van der Waals surface area contributed by atoms with Gasteiger partial charge in [0.2, 0.25) is 17.8 Å². The lowest BCUT2D eigenvalue weighted by Crippen LogP contribution is -2.45. The van der Waals surface area contributed by atoms with Gasteiger partial charge in [0.25, 0.3) is 0 Å². The standard InChI is InChI=1S/C29H38FN7O3/c1-4-14-31-27-21(19-33-29(35-27)34-23-12-8-11-22(30)17-23)10-6-5-7-15-32-28(40)25-18-24(38)20-37(25)26(39)13-9-16-36(2)3/h8-9,11-13,17,19,24-25,38H,4-5,7,14-16,18,20H2,1-3H3,(H,32,40)(H2,31,33,34,35)/b13-9+/t24-,25-/m0/s1. The van der Waals surface area contributed by atoms with Crippen LogP contribution in [0.5, 0.6) is 0 Å². The smallest absolute Gasteiger partial charge is 0.247 e. The first-order valence-electron chi connectivity index (χ1n) is 13.5. The number of carbonyl (C=O) groups is 2. The highest BCUT2D eigenvalue weighted by molar-refractivity contribution is 5.93. The fourth-order valence-electron chi connectivity index (χ4n) is 4.04. The molecule has 1 fully saturated rings. The molecule has 0 aliphatic carbocycles. The van der Waals surface area contributed by atoms with Crippen molar-refractivity contribution in [2.45, 2.75) is 44.8 Å². The van der Waals surface area contributed by atoms with Crippen molar-refractivity contribution in [1.29, 1.82) is 0 Å². The molecule has 0 saturated carbocycles. The van der Waals surface area contributed by atoms with Crippen LogP contribution in [0.2, 0.25) is 0 Å². The molecule has 0 unspecified atom stereocenters. The number of carbonyl (C=O) groups excluding carboxylic acids is 2. The second-order valence-corrected chi connectivity index (χ2v) is 9.77. The first kappa shape index (κ1) is 30.5. The molecule has 4 N–H and O–H groups in total. The average Bonchev–Trinajstić information content (AvgIpc) is 3.31. The minimum absolute atomic E-state index is 0.141. The van der Waals surface area contributed by atoms with E-state index in [-0.39, 0.29) is 30.6 Å². The number of rotatable bonds is 12. The largest absolute Gasteiger partial charge is 0.391 e. The van der Waals surface area contributed by atoms with Crippen LogP contribution < -0.4 is 16.0 Å². The monoisotopic (exact) mass is 551 g/mol. The number of aromatic nitrogens is 2. The first-order chi connectivity index (χ1) is 19.3. The Balaban J connectivity index is 1.52. The Morgan fingerprint density at radius 1 is 1.30 bits per heavy atom. The summed E-state index contributed by atoms with van der Waals surface area (Å²) in [6.45, 7) is 3.90. The van der Waals surface area contributed by atoms with Crippen LogP contribution in [0.1, 0.15) is 38.2 Å². The van der Waals surface area contributed by atoms with Crippen molar-refractivity contribution < 1.29 is 19.1 Å². The molecule has 2 amide bonds. The van der Waals surface area contributed by atoms with Gasteiger partial charge in [-0.1, -0.05) is 30.9 Å². The van der Waals surface area contributed by atoms with Crippen LogP contribution in [0.4, 0.5) is 21.8 Å². The zero-order valence-electron chi connectivity index (χ0n) is 23.3. The summed E-state index contributed by atoms with van der Waals surface area (Å²) in [5, 5.41) is 19.2. The Labute approximate surface area is 235 Å². The molecule has 1 aliphatic heterocycles. The molecule has 40 heavy (non-hydrogen) atoms. The number of aliphatic hydroxyl groups excluding tert-OH is 1. The zero-order chi connectivity index (χ0) is 28.9. The minimum atomic E-state index is -0.721. The highest BCUT2D eigenvalue weighted by atomic mass is 19.1. The number of unbranched alkanes of at least 4 members (excludes halogenated alkanes) is 1. The van der Waals surface area contributed by atoms with Gasteiger partial charge in [0.15, 0.2) is 0 Å². The number of aliphatic hydroxyl groups is 1. The molecular weight excluding hydrogens is 513 g/mol. The van der Waals surface area contributed by atoms with E-state index in [1.54, 1.807) is 24.4 Å². The highest BCUT2D eigenvalue weighted by Crippen LogP contribution is 2.19. The van der Waals surface area contributed by atoms with Gasteiger partial charge in [-0.15, -0.1) is 0 Å². The molecule has 0 radical (unpaired) electrons. The third kappa shape index (κ3) is 9.63. The van der Waals surface area contributed by atoms with E-state index in [1.807, 2.05) is 25.9 Å². The van der Waals surface area contributed by atoms with Gasteiger partial charge in [-0.05, 0) is 45.1 Å². The van der Waals surface area contributed by atoms with Crippen LogP contribution in [0.15, 0.2) is 42.6 Å². The van der Waals surface area contributed by atoms with E-state index < -0.39 is 12.1 Å². The normalized spacial score (nSPS) is 16.6. The number of likely N-dealkylation sites (tertiary alicyclic amines) is 1. The highest BCUT2D eigenvalue weighted by Gasteiger charge is 2.37. The number of hydrogen-bond acceptors (Lipinski definition) is 8. The first-order valence-corrected chi connectivity index (χ1v) is 13.5. The Morgan fingerprint density at radius 3 is 2.88 bits per heavy atom. The number of benzene rings is 1. The van der Waals surface area contributed by atoms with Crippen LogP contribution in [-0.2, 0) is 9.59 Å². The molecule has 1 aliphatic rings. The number of nitrogens with zero attached hydrogens (tertiary/aromatic N) is 4. The van der Waals surface area contributed by atoms with E-state index in [2.05, 4.69) is 37.8 Å². The summed E-state index contributed by atoms with van der Waals surface area (Å²) in [5.41, 5.74) is 1.18. The minimum Gasteiger partial charge on any atom is -0.391 e. The van der Waals surface area contributed by atoms with E-state index in [0.29, 0.717) is 55.5 Å². The summed E-state index contributed by atoms with van der Waals surface area (Å²) in [6, 6.07) is 5.37. The second-order valence-electron chi connectivity index (χ2n) is 9.77. The fourth-order valence-corrected chi connectivity index (χ4v) is 4.04. The maximum Gasteiger partial charge on any atom is 0.247 e. The van der Waals surface area contributed by atoms with Crippen molar-refractivity contribution in [2.24, 2.45) is 0 Å². The Bertz CT molecular complexity index is 1240. The molecule has 214 valence electrons. The summed E-state index contributed by atoms with van der Waals surface area (Å²) in [5.74, 6) is 6.18. The third-order valence-electron chi connectivity index (χ3n) is 6.01. The topological polar surface area (TPSA) is 123 Å². The van der Waals surface area contributed by atoms with Crippen molar-refractivity contribution >= 4 is 29.3 Å². The molecular formula is C29H38FN7O3. The third-order valence-corrected chi connectivity index (χ3v) is 6.01. The molecule has 10 nitrogen and oxygen atoms in total. The molecule has 2 atom stereocenters. The van der Waals surface area contributed by atoms with Gasteiger partial charge in [-0.25, -0.2) is 9.37 Å². The van der Waals surface area contributed by atoms with E-state index in [0.717, 1.165) is 6.42 Å². The Hall–Kier alpha value is -4.01. The maximum atomic E-state index is 13.5. The van der Waals surface area contributed by atoms with Crippen LogP contribution in [0.3, 0.4) is 0 Å². The van der Waals surface area contributed by atoms with E-state index >= 15 is 0 Å². The number of β-amino-alcohol motifs (C(OH)–C–C–N with tert-alkyl or cyclic N) is 1. The SMILES string of the molecule is CCCNc1nc(Nc2cccc(F)c2)ncc1C#CCCCNC(=O)[C@@H]1C[C@H](O)CN1C(=O)/C=C/CN(C)C. The van der Waals surface area contributed by atoms with Crippen LogP contribution in [0.25, 0.3) is 0 Å². The average molecular weight is 552 g/mol. The quantitative estimate of drug-likeness (QED) is 0.180. The molecule has 2 heterocycles. The number of nitrogens with one attached hydrogen (secondary N) is 3.